The van der Waals surface area contributed by atoms with Gasteiger partial charge in [0.15, 0.2) is 5.13 Å². The van der Waals surface area contributed by atoms with Gasteiger partial charge in [-0.3, -0.25) is 9.59 Å². The summed E-state index contributed by atoms with van der Waals surface area (Å²) in [6.07, 6.45) is 0. The Morgan fingerprint density at radius 1 is 1.18 bits per heavy atom. The summed E-state index contributed by atoms with van der Waals surface area (Å²) in [5, 5.41) is 6.77. The van der Waals surface area contributed by atoms with Crippen molar-refractivity contribution in [3.8, 4) is 5.75 Å². The summed E-state index contributed by atoms with van der Waals surface area (Å²) >= 11 is 1.39. The highest BCUT2D eigenvalue weighted by molar-refractivity contribution is 7.22. The smallest absolute Gasteiger partial charge is 0.268 e. The van der Waals surface area contributed by atoms with Gasteiger partial charge in [-0.2, -0.15) is 0 Å². The molecule has 7 nitrogen and oxygen atoms in total. The van der Waals surface area contributed by atoms with Gasteiger partial charge in [-0.1, -0.05) is 29.5 Å². The Bertz CT molecular complexity index is 1150. The number of hydrogen-bond donors (Lipinski definition) is 3. The van der Waals surface area contributed by atoms with Crippen molar-refractivity contribution >= 4 is 49.4 Å². The molecule has 3 N–H and O–H groups in total. The number of nitrogens with one attached hydrogen (secondary N) is 3. The standard InChI is InChI=1S/C20H18N4O3S/c1-11(18(25)24-20-23-14-6-3-4-9-17(14)28-20)21-19(26)15-10-12-13(22-15)7-5-8-16(12)27-2/h3-11,22H,1-2H3,(H,21,26)(H,23,24,25)/t11-/m0/s1. The molecule has 0 saturated carbocycles. The molecule has 0 saturated heterocycles. The van der Waals surface area contributed by atoms with Gasteiger partial charge in [0, 0.05) is 10.9 Å². The van der Waals surface area contributed by atoms with Crippen molar-refractivity contribution in [2.45, 2.75) is 13.0 Å². The first-order chi connectivity index (χ1) is 13.5. The fourth-order valence-electron chi connectivity index (χ4n) is 2.91. The largest absolute Gasteiger partial charge is 0.496 e. The maximum atomic E-state index is 12.5. The number of nitrogens with zero attached hydrogens (tertiary/aromatic N) is 1. The molecule has 0 unspecified atom stereocenters. The van der Waals surface area contributed by atoms with Crippen molar-refractivity contribution in [3.05, 3.63) is 54.2 Å². The Balaban J connectivity index is 1.45. The molecule has 0 aliphatic rings. The molecule has 0 aliphatic heterocycles. The van der Waals surface area contributed by atoms with Gasteiger partial charge < -0.3 is 20.4 Å². The average molecular weight is 394 g/mol. The van der Waals surface area contributed by atoms with Crippen LogP contribution in [-0.2, 0) is 4.79 Å². The van der Waals surface area contributed by atoms with E-state index < -0.39 is 6.04 Å². The van der Waals surface area contributed by atoms with Crippen LogP contribution < -0.4 is 15.4 Å². The summed E-state index contributed by atoms with van der Waals surface area (Å²) in [4.78, 5) is 32.4. The van der Waals surface area contributed by atoms with E-state index in [1.807, 2.05) is 42.5 Å². The number of carbonyl (C=O) groups excluding carboxylic acids is 2. The minimum Gasteiger partial charge on any atom is -0.496 e. The number of aromatic nitrogens is 2. The quantitative estimate of drug-likeness (QED) is 0.482. The van der Waals surface area contributed by atoms with E-state index in [4.69, 9.17) is 4.74 Å². The van der Waals surface area contributed by atoms with E-state index in [-0.39, 0.29) is 11.8 Å². The van der Waals surface area contributed by atoms with E-state index in [9.17, 15) is 9.59 Å². The predicted molar refractivity (Wildman–Crippen MR) is 110 cm³/mol. The second-order valence-corrected chi connectivity index (χ2v) is 7.31. The van der Waals surface area contributed by atoms with Gasteiger partial charge in [-0.25, -0.2) is 4.98 Å². The lowest BCUT2D eigenvalue weighted by atomic mass is 10.2. The molecule has 0 fully saturated rings. The lowest BCUT2D eigenvalue weighted by Gasteiger charge is -2.12. The Kier molecular flexibility index (Phi) is 4.70. The third-order valence-corrected chi connectivity index (χ3v) is 5.31. The SMILES string of the molecule is COc1cccc2[nH]c(C(=O)N[C@@H](C)C(=O)Nc3nc4ccccc4s3)cc12. The van der Waals surface area contributed by atoms with Gasteiger partial charge in [0.25, 0.3) is 5.91 Å². The molecule has 2 amide bonds. The van der Waals surface area contributed by atoms with Crippen LogP contribution in [0.5, 0.6) is 5.75 Å². The number of benzene rings is 2. The summed E-state index contributed by atoms with van der Waals surface area (Å²) in [6, 6.07) is 14.2. The molecule has 4 rings (SSSR count). The number of para-hydroxylation sites is 1. The van der Waals surface area contributed by atoms with Crippen molar-refractivity contribution in [2.75, 3.05) is 12.4 Å². The van der Waals surface area contributed by atoms with Crippen LogP contribution in [0.4, 0.5) is 5.13 Å². The summed E-state index contributed by atoms with van der Waals surface area (Å²) in [5.41, 5.74) is 1.97. The van der Waals surface area contributed by atoms with Crippen molar-refractivity contribution in [3.63, 3.8) is 0 Å². The summed E-state index contributed by atoms with van der Waals surface area (Å²) in [6.45, 7) is 1.63. The number of fused-ring (bicyclic) bond motifs is 2. The predicted octanol–water partition coefficient (Wildman–Crippen LogP) is 3.54. The number of amides is 2. The van der Waals surface area contributed by atoms with Crippen LogP contribution in [0, 0.1) is 0 Å². The normalized spacial score (nSPS) is 12.1. The number of thiazole rings is 1. The third-order valence-electron chi connectivity index (χ3n) is 4.35. The van der Waals surface area contributed by atoms with E-state index >= 15 is 0 Å². The topological polar surface area (TPSA) is 96.1 Å². The van der Waals surface area contributed by atoms with Gasteiger partial charge in [-0.15, -0.1) is 0 Å². The Hall–Kier alpha value is -3.39. The molecular formula is C20H18N4O3S. The van der Waals surface area contributed by atoms with Crippen molar-refractivity contribution in [1.82, 2.24) is 15.3 Å². The summed E-state index contributed by atoms with van der Waals surface area (Å²) < 4.78 is 6.30. The van der Waals surface area contributed by atoms with Crippen LogP contribution in [0.15, 0.2) is 48.5 Å². The lowest BCUT2D eigenvalue weighted by molar-refractivity contribution is -0.117. The third kappa shape index (κ3) is 3.41. The number of carbonyl (C=O) groups is 2. The zero-order valence-electron chi connectivity index (χ0n) is 15.3. The fraction of sp³-hybridized carbons (Fsp3) is 0.150. The van der Waals surface area contributed by atoms with Crippen LogP contribution in [0.3, 0.4) is 0 Å². The average Bonchev–Trinajstić information content (AvgIpc) is 3.30. The van der Waals surface area contributed by atoms with Crippen LogP contribution in [-0.4, -0.2) is 34.9 Å². The molecule has 0 spiro atoms. The molecule has 2 heterocycles. The molecule has 0 bridgehead atoms. The second-order valence-electron chi connectivity index (χ2n) is 6.28. The highest BCUT2D eigenvalue weighted by atomic mass is 32.1. The number of methoxy groups -OCH3 is 1. The van der Waals surface area contributed by atoms with E-state index in [0.717, 1.165) is 21.1 Å². The number of rotatable bonds is 5. The second kappa shape index (κ2) is 7.32. The first-order valence-corrected chi connectivity index (χ1v) is 9.50. The van der Waals surface area contributed by atoms with Crippen molar-refractivity contribution in [2.24, 2.45) is 0 Å². The molecular weight excluding hydrogens is 376 g/mol. The number of ether oxygens (including phenoxy) is 1. The molecule has 2 aromatic carbocycles. The molecule has 4 aromatic rings. The van der Waals surface area contributed by atoms with Crippen molar-refractivity contribution < 1.29 is 14.3 Å². The number of anilines is 1. The minimum atomic E-state index is -0.729. The zero-order chi connectivity index (χ0) is 19.7. The van der Waals surface area contributed by atoms with Crippen LogP contribution >= 0.6 is 11.3 Å². The van der Waals surface area contributed by atoms with E-state index in [1.54, 1.807) is 20.1 Å². The van der Waals surface area contributed by atoms with Crippen molar-refractivity contribution in [1.29, 1.82) is 0 Å². The molecule has 2 aromatic heterocycles. The molecule has 142 valence electrons. The van der Waals surface area contributed by atoms with Gasteiger partial charge in [0.2, 0.25) is 5.91 Å². The zero-order valence-corrected chi connectivity index (χ0v) is 16.1. The highest BCUT2D eigenvalue weighted by Crippen LogP contribution is 2.26. The first kappa shape index (κ1) is 18.0. The van der Waals surface area contributed by atoms with Gasteiger partial charge in [0.1, 0.15) is 17.5 Å². The van der Waals surface area contributed by atoms with Crippen LogP contribution in [0.25, 0.3) is 21.1 Å². The van der Waals surface area contributed by atoms with Crippen LogP contribution in [0.1, 0.15) is 17.4 Å². The number of H-pyrrole nitrogens is 1. The monoisotopic (exact) mass is 394 g/mol. The molecule has 8 heteroatoms. The Morgan fingerprint density at radius 2 is 2.00 bits per heavy atom. The van der Waals surface area contributed by atoms with Gasteiger partial charge >= 0.3 is 0 Å². The van der Waals surface area contributed by atoms with Gasteiger partial charge in [0.05, 0.1) is 17.3 Å². The van der Waals surface area contributed by atoms with E-state index in [0.29, 0.717) is 16.6 Å². The molecule has 0 radical (unpaired) electrons. The first-order valence-electron chi connectivity index (χ1n) is 8.68. The molecule has 28 heavy (non-hydrogen) atoms. The number of aromatic amines is 1. The maximum Gasteiger partial charge on any atom is 0.268 e. The van der Waals surface area contributed by atoms with Crippen LogP contribution in [0.2, 0.25) is 0 Å². The Labute approximate surface area is 164 Å². The summed E-state index contributed by atoms with van der Waals surface area (Å²) in [5.74, 6) is -0.0271. The van der Waals surface area contributed by atoms with Gasteiger partial charge in [-0.05, 0) is 37.3 Å². The fourth-order valence-corrected chi connectivity index (χ4v) is 3.78. The molecule has 1 atom stereocenters. The molecule has 0 aliphatic carbocycles. The van der Waals surface area contributed by atoms with E-state index in [1.165, 1.54) is 11.3 Å². The maximum absolute atomic E-state index is 12.5. The highest BCUT2D eigenvalue weighted by Gasteiger charge is 2.19. The lowest BCUT2D eigenvalue weighted by Crippen LogP contribution is -2.41. The summed E-state index contributed by atoms with van der Waals surface area (Å²) in [7, 11) is 1.58. The minimum absolute atomic E-state index is 0.332. The Morgan fingerprint density at radius 3 is 2.79 bits per heavy atom. The van der Waals surface area contributed by atoms with E-state index in [2.05, 4.69) is 20.6 Å². The number of hydrogen-bond acceptors (Lipinski definition) is 5.